The summed E-state index contributed by atoms with van der Waals surface area (Å²) in [6, 6.07) is 10.9. The van der Waals surface area contributed by atoms with E-state index in [0.717, 1.165) is 11.6 Å². The maximum absolute atomic E-state index is 12.5. The van der Waals surface area contributed by atoms with Crippen LogP contribution in [0.25, 0.3) is 0 Å². The van der Waals surface area contributed by atoms with Crippen molar-refractivity contribution in [3.05, 3.63) is 59.3 Å². The van der Waals surface area contributed by atoms with Crippen LogP contribution >= 0.6 is 0 Å². The second kappa shape index (κ2) is 6.13. The van der Waals surface area contributed by atoms with Gasteiger partial charge in [0.15, 0.2) is 0 Å². The molecule has 1 atom stereocenters. The number of pyridine rings is 1. The summed E-state index contributed by atoms with van der Waals surface area (Å²) in [6.07, 6.45) is -5.30. The van der Waals surface area contributed by atoms with Crippen LogP contribution < -0.4 is 5.32 Å². The van der Waals surface area contributed by atoms with Crippen LogP contribution in [0.2, 0.25) is 0 Å². The fraction of sp³-hybridized carbons (Fsp3) is 0.267. The minimum Gasteiger partial charge on any atom is -0.387 e. The summed E-state index contributed by atoms with van der Waals surface area (Å²) in [6.45, 7) is 1.98. The molecule has 21 heavy (non-hydrogen) atoms. The highest BCUT2D eigenvalue weighted by atomic mass is 19.4. The molecule has 112 valence electrons. The minimum atomic E-state index is -4.48. The molecule has 2 N–H and O–H groups in total. The van der Waals surface area contributed by atoms with Crippen LogP contribution in [0.4, 0.5) is 19.0 Å². The number of benzene rings is 1. The van der Waals surface area contributed by atoms with E-state index in [9.17, 15) is 18.3 Å². The largest absolute Gasteiger partial charge is 0.433 e. The molecule has 0 aliphatic carbocycles. The number of nitrogens with zero attached hydrogens (tertiary/aromatic N) is 1. The number of nitrogens with one attached hydrogen (secondary N) is 1. The van der Waals surface area contributed by atoms with Gasteiger partial charge in [-0.2, -0.15) is 13.2 Å². The van der Waals surface area contributed by atoms with Crippen LogP contribution in [-0.2, 0) is 6.18 Å². The maximum Gasteiger partial charge on any atom is 0.433 e. The Bertz CT molecular complexity index is 614. The molecule has 0 saturated heterocycles. The van der Waals surface area contributed by atoms with E-state index in [0.29, 0.717) is 5.56 Å². The Kier molecular flexibility index (Phi) is 4.47. The van der Waals surface area contributed by atoms with Gasteiger partial charge in [-0.15, -0.1) is 0 Å². The van der Waals surface area contributed by atoms with E-state index in [4.69, 9.17) is 0 Å². The first-order chi connectivity index (χ1) is 9.86. The maximum atomic E-state index is 12.5. The van der Waals surface area contributed by atoms with Gasteiger partial charge < -0.3 is 10.4 Å². The number of aliphatic hydroxyl groups excluding tert-OH is 1. The van der Waals surface area contributed by atoms with Crippen molar-refractivity contribution in [2.45, 2.75) is 19.2 Å². The Morgan fingerprint density at radius 2 is 1.90 bits per heavy atom. The summed E-state index contributed by atoms with van der Waals surface area (Å²) in [7, 11) is 0. The van der Waals surface area contributed by atoms with Gasteiger partial charge in [0.1, 0.15) is 11.5 Å². The van der Waals surface area contributed by atoms with Crippen LogP contribution in [0.3, 0.4) is 0 Å². The van der Waals surface area contributed by atoms with Crippen molar-refractivity contribution < 1.29 is 18.3 Å². The van der Waals surface area contributed by atoms with Crippen molar-refractivity contribution in [3.8, 4) is 0 Å². The number of alkyl halides is 3. The lowest BCUT2D eigenvalue weighted by molar-refractivity contribution is -0.141. The molecule has 1 unspecified atom stereocenters. The van der Waals surface area contributed by atoms with Gasteiger partial charge in [0, 0.05) is 6.54 Å². The van der Waals surface area contributed by atoms with Gasteiger partial charge >= 0.3 is 6.18 Å². The molecular weight excluding hydrogens is 281 g/mol. The van der Waals surface area contributed by atoms with Crippen molar-refractivity contribution in [3.63, 3.8) is 0 Å². The highest BCUT2D eigenvalue weighted by molar-refractivity contribution is 5.37. The van der Waals surface area contributed by atoms with Crippen molar-refractivity contribution in [1.82, 2.24) is 4.98 Å². The number of aromatic nitrogens is 1. The summed E-state index contributed by atoms with van der Waals surface area (Å²) in [4.78, 5) is 3.48. The number of hydrogen-bond donors (Lipinski definition) is 2. The van der Waals surface area contributed by atoms with E-state index >= 15 is 0 Å². The predicted molar refractivity (Wildman–Crippen MR) is 73.9 cm³/mol. The summed E-state index contributed by atoms with van der Waals surface area (Å²) in [5.74, 6) is 0.0801. The van der Waals surface area contributed by atoms with Gasteiger partial charge in [0.25, 0.3) is 0 Å². The molecule has 1 aromatic carbocycles. The van der Waals surface area contributed by atoms with Gasteiger partial charge in [-0.05, 0) is 24.6 Å². The average molecular weight is 296 g/mol. The van der Waals surface area contributed by atoms with Crippen LogP contribution in [-0.4, -0.2) is 16.6 Å². The topological polar surface area (TPSA) is 45.1 Å². The molecule has 0 radical (unpaired) electrons. The smallest absolute Gasteiger partial charge is 0.387 e. The quantitative estimate of drug-likeness (QED) is 0.907. The zero-order valence-electron chi connectivity index (χ0n) is 11.4. The van der Waals surface area contributed by atoms with E-state index in [2.05, 4.69) is 10.3 Å². The molecule has 0 aliphatic heterocycles. The van der Waals surface area contributed by atoms with Crippen molar-refractivity contribution >= 4 is 5.82 Å². The van der Waals surface area contributed by atoms with E-state index < -0.39 is 18.0 Å². The third kappa shape index (κ3) is 4.19. The molecule has 0 saturated carbocycles. The molecule has 2 rings (SSSR count). The third-order valence-electron chi connectivity index (χ3n) is 2.94. The highest BCUT2D eigenvalue weighted by Crippen LogP contribution is 2.28. The minimum absolute atomic E-state index is 0.0801. The number of aryl methyl sites for hydroxylation is 1. The first-order valence-electron chi connectivity index (χ1n) is 6.39. The normalized spacial score (nSPS) is 13.0. The van der Waals surface area contributed by atoms with Gasteiger partial charge in [-0.3, -0.25) is 0 Å². The van der Waals surface area contributed by atoms with Crippen LogP contribution in [0, 0.1) is 6.92 Å². The number of aliphatic hydroxyl groups is 1. The molecule has 0 aliphatic rings. The molecule has 0 fully saturated rings. The Morgan fingerprint density at radius 3 is 2.57 bits per heavy atom. The Balaban J connectivity index is 2.03. The number of halogens is 3. The third-order valence-corrected chi connectivity index (χ3v) is 2.94. The average Bonchev–Trinajstić information content (AvgIpc) is 2.44. The summed E-state index contributed by atoms with van der Waals surface area (Å²) < 4.78 is 37.6. The summed E-state index contributed by atoms with van der Waals surface area (Å²) in [5, 5.41) is 12.7. The highest BCUT2D eigenvalue weighted by Gasteiger charge is 2.32. The first kappa shape index (κ1) is 15.3. The Morgan fingerprint density at radius 1 is 1.19 bits per heavy atom. The Labute approximate surface area is 120 Å². The number of rotatable bonds is 4. The standard InChI is InChI=1S/C15H15F3N2O/c1-10-4-2-5-11(8-10)12(21)9-19-14-7-3-6-13(20-14)15(16,17)18/h2-8,12,21H,9H2,1H3,(H,19,20). The fourth-order valence-corrected chi connectivity index (χ4v) is 1.89. The predicted octanol–water partition coefficient (Wildman–Crippen LogP) is 3.55. The zero-order valence-corrected chi connectivity index (χ0v) is 11.4. The van der Waals surface area contributed by atoms with E-state index in [1.54, 1.807) is 6.07 Å². The monoisotopic (exact) mass is 296 g/mol. The van der Waals surface area contributed by atoms with Crippen LogP contribution in [0.15, 0.2) is 42.5 Å². The van der Waals surface area contributed by atoms with Gasteiger partial charge in [0.05, 0.1) is 6.10 Å². The summed E-state index contributed by atoms with van der Waals surface area (Å²) in [5.41, 5.74) is 0.746. The zero-order chi connectivity index (χ0) is 15.5. The lowest BCUT2D eigenvalue weighted by Gasteiger charge is -2.14. The second-order valence-electron chi connectivity index (χ2n) is 4.72. The molecule has 1 heterocycles. The van der Waals surface area contributed by atoms with Crippen LogP contribution in [0.1, 0.15) is 22.9 Å². The number of anilines is 1. The second-order valence-corrected chi connectivity index (χ2v) is 4.72. The van der Waals surface area contributed by atoms with E-state index in [1.165, 1.54) is 12.1 Å². The molecular formula is C15H15F3N2O. The van der Waals surface area contributed by atoms with Crippen molar-refractivity contribution in [2.24, 2.45) is 0 Å². The molecule has 6 heteroatoms. The van der Waals surface area contributed by atoms with E-state index in [-0.39, 0.29) is 12.4 Å². The molecule has 2 aromatic rings. The molecule has 0 bridgehead atoms. The molecule has 0 spiro atoms. The van der Waals surface area contributed by atoms with Gasteiger partial charge in [0.2, 0.25) is 0 Å². The molecule has 3 nitrogen and oxygen atoms in total. The Hall–Kier alpha value is -2.08. The SMILES string of the molecule is Cc1cccc(C(O)CNc2cccc(C(F)(F)F)n2)c1. The lowest BCUT2D eigenvalue weighted by atomic mass is 10.1. The first-order valence-corrected chi connectivity index (χ1v) is 6.39. The van der Waals surface area contributed by atoms with Gasteiger partial charge in [-0.1, -0.05) is 35.9 Å². The molecule has 1 aromatic heterocycles. The summed E-state index contributed by atoms with van der Waals surface area (Å²) >= 11 is 0. The molecule has 0 amide bonds. The fourth-order valence-electron chi connectivity index (χ4n) is 1.89. The van der Waals surface area contributed by atoms with Gasteiger partial charge in [-0.25, -0.2) is 4.98 Å². The van der Waals surface area contributed by atoms with Crippen molar-refractivity contribution in [2.75, 3.05) is 11.9 Å². The van der Waals surface area contributed by atoms with Crippen molar-refractivity contribution in [1.29, 1.82) is 0 Å². The lowest BCUT2D eigenvalue weighted by Crippen LogP contribution is -2.15. The number of hydrogen-bond acceptors (Lipinski definition) is 3. The van der Waals surface area contributed by atoms with E-state index in [1.807, 2.05) is 25.1 Å². The van der Waals surface area contributed by atoms with Crippen LogP contribution in [0.5, 0.6) is 0 Å².